The summed E-state index contributed by atoms with van der Waals surface area (Å²) >= 11 is 0. The smallest absolute Gasteiger partial charge is 0.369 e. The lowest BCUT2D eigenvalue weighted by molar-refractivity contribution is -0.376. The van der Waals surface area contributed by atoms with E-state index in [9.17, 15) is 54.7 Å². The Labute approximate surface area is 217 Å². The van der Waals surface area contributed by atoms with Crippen molar-refractivity contribution in [3.63, 3.8) is 0 Å². The topological polar surface area (TPSA) is 136 Å². The quantitative estimate of drug-likeness (QED) is 0.356. The Kier molecular flexibility index (Phi) is 6.41. The molecule has 1 atom stereocenters. The number of ketones is 1. The Balaban J connectivity index is 1.74. The molecule has 2 aromatic carbocycles. The van der Waals surface area contributed by atoms with E-state index in [1.807, 2.05) is 6.07 Å². The molecule has 15 heteroatoms. The second kappa shape index (κ2) is 8.77. The van der Waals surface area contributed by atoms with Crippen molar-refractivity contribution in [3.8, 4) is 6.07 Å². The summed E-state index contributed by atoms with van der Waals surface area (Å²) in [7, 11) is -3.65. The molecule has 4 rings (SSSR count). The van der Waals surface area contributed by atoms with Gasteiger partial charge in [-0.3, -0.25) is 14.9 Å². The summed E-state index contributed by atoms with van der Waals surface area (Å²) in [6.45, 7) is -0.150. The number of nitrogens with zero attached hydrogens (tertiary/aromatic N) is 1. The number of halogens is 6. The fraction of sp³-hybridized carbons (Fsp3) is 0.375. The van der Waals surface area contributed by atoms with E-state index in [1.165, 1.54) is 18.2 Å². The standard InChI is InChI=1S/C24H19F6N3O5S/c1-39(37,38)16-6-7-17-13(10-16)11-32-21(17,18(34)20(12-31)8-9-20)19(35)33-15-4-2-14(3-5-15)22(36,23(25,26)27)24(28,29)30/h2-7,10,32,36H,8-9,11H2,1H3,(H,33,35). The van der Waals surface area contributed by atoms with Gasteiger partial charge in [-0.25, -0.2) is 8.42 Å². The first-order valence-corrected chi connectivity index (χ1v) is 13.1. The van der Waals surface area contributed by atoms with Crippen LogP contribution in [0.25, 0.3) is 0 Å². The minimum atomic E-state index is -6.11. The number of nitrogens with one attached hydrogen (secondary N) is 2. The van der Waals surface area contributed by atoms with Crippen LogP contribution in [-0.2, 0) is 37.1 Å². The highest BCUT2D eigenvalue weighted by atomic mass is 32.2. The molecule has 1 fully saturated rings. The average molecular weight is 575 g/mol. The Morgan fingerprint density at radius 1 is 1.03 bits per heavy atom. The summed E-state index contributed by atoms with van der Waals surface area (Å²) in [6, 6.07) is 7.60. The summed E-state index contributed by atoms with van der Waals surface area (Å²) in [5.41, 5.74) is -10.4. The van der Waals surface area contributed by atoms with Crippen molar-refractivity contribution in [2.75, 3.05) is 11.6 Å². The second-order valence-electron chi connectivity index (χ2n) is 9.46. The van der Waals surface area contributed by atoms with Crippen LogP contribution in [0.1, 0.15) is 29.5 Å². The highest BCUT2D eigenvalue weighted by molar-refractivity contribution is 7.90. The second-order valence-corrected chi connectivity index (χ2v) is 11.5. The van der Waals surface area contributed by atoms with Gasteiger partial charge < -0.3 is 10.4 Å². The summed E-state index contributed by atoms with van der Waals surface area (Å²) in [5, 5.41) is 24.2. The maximum atomic E-state index is 13.6. The minimum absolute atomic E-state index is 0.0547. The minimum Gasteiger partial charge on any atom is -0.369 e. The van der Waals surface area contributed by atoms with Gasteiger partial charge in [0.15, 0.2) is 21.2 Å². The Morgan fingerprint density at radius 3 is 2.05 bits per heavy atom. The first kappa shape index (κ1) is 28.5. The predicted molar refractivity (Wildman–Crippen MR) is 121 cm³/mol. The van der Waals surface area contributed by atoms with Crippen molar-refractivity contribution in [2.24, 2.45) is 5.41 Å². The molecule has 2 aliphatic rings. The van der Waals surface area contributed by atoms with E-state index in [2.05, 4.69) is 10.6 Å². The maximum absolute atomic E-state index is 13.6. The van der Waals surface area contributed by atoms with Crippen molar-refractivity contribution in [1.82, 2.24) is 5.32 Å². The van der Waals surface area contributed by atoms with E-state index in [0.29, 0.717) is 24.3 Å². The first-order valence-electron chi connectivity index (χ1n) is 11.2. The number of benzene rings is 2. The molecule has 0 saturated heterocycles. The normalized spacial score (nSPS) is 20.6. The van der Waals surface area contributed by atoms with Crippen molar-refractivity contribution in [1.29, 1.82) is 5.26 Å². The third-order valence-electron chi connectivity index (χ3n) is 6.91. The van der Waals surface area contributed by atoms with Crippen molar-refractivity contribution < 1.29 is 49.5 Å². The number of alkyl halides is 6. The highest BCUT2D eigenvalue weighted by Gasteiger charge is 2.71. The van der Waals surface area contributed by atoms with Gasteiger partial charge in [-0.05, 0) is 48.2 Å². The van der Waals surface area contributed by atoms with Crippen LogP contribution >= 0.6 is 0 Å². The van der Waals surface area contributed by atoms with Gasteiger partial charge in [-0.2, -0.15) is 31.6 Å². The van der Waals surface area contributed by atoms with Gasteiger partial charge in [0.1, 0.15) is 5.41 Å². The number of sulfone groups is 1. The largest absolute Gasteiger partial charge is 0.430 e. The molecule has 1 saturated carbocycles. The number of Topliss-reactive ketones (excluding diaryl/α,β-unsaturated/α-hetero) is 1. The van der Waals surface area contributed by atoms with Gasteiger partial charge in [0.05, 0.1) is 11.0 Å². The van der Waals surface area contributed by atoms with Crippen LogP contribution in [0.5, 0.6) is 0 Å². The number of fused-ring (bicyclic) bond motifs is 1. The highest BCUT2D eigenvalue weighted by Crippen LogP contribution is 2.52. The number of carbonyl (C=O) groups excluding carboxylic acids is 2. The third-order valence-corrected chi connectivity index (χ3v) is 8.02. The molecule has 3 N–H and O–H groups in total. The number of nitriles is 1. The molecule has 0 radical (unpaired) electrons. The Bertz CT molecular complexity index is 1490. The van der Waals surface area contributed by atoms with Crippen LogP contribution in [0, 0.1) is 16.7 Å². The molecule has 1 aliphatic carbocycles. The fourth-order valence-electron chi connectivity index (χ4n) is 4.53. The van der Waals surface area contributed by atoms with Gasteiger partial charge in [0, 0.05) is 24.1 Å². The number of anilines is 1. The van der Waals surface area contributed by atoms with Gasteiger partial charge in [0.25, 0.3) is 11.5 Å². The molecule has 1 aliphatic heterocycles. The SMILES string of the molecule is CS(=O)(=O)c1ccc2c(c1)CNC2(C(=O)Nc1ccc(C(O)(C(F)(F)F)C(F)(F)F)cc1)C(=O)C1(C#N)CC1. The lowest BCUT2D eigenvalue weighted by Crippen LogP contribution is -2.56. The molecule has 1 amide bonds. The van der Waals surface area contributed by atoms with Crippen molar-refractivity contribution in [3.05, 3.63) is 59.2 Å². The average Bonchev–Trinajstić information content (AvgIpc) is 3.55. The molecule has 2 aromatic rings. The monoisotopic (exact) mass is 575 g/mol. The van der Waals surface area contributed by atoms with Gasteiger partial charge in [-0.1, -0.05) is 18.2 Å². The van der Waals surface area contributed by atoms with Crippen molar-refractivity contribution >= 4 is 27.2 Å². The fourth-order valence-corrected chi connectivity index (χ4v) is 5.20. The van der Waals surface area contributed by atoms with Gasteiger partial charge >= 0.3 is 12.4 Å². The molecule has 1 heterocycles. The predicted octanol–water partition coefficient (Wildman–Crippen LogP) is 3.21. The summed E-state index contributed by atoms with van der Waals surface area (Å²) < 4.78 is 103. The number of hydrogen-bond acceptors (Lipinski definition) is 7. The Hall–Kier alpha value is -3.48. The maximum Gasteiger partial charge on any atom is 0.430 e. The van der Waals surface area contributed by atoms with Crippen LogP contribution in [0.3, 0.4) is 0 Å². The van der Waals surface area contributed by atoms with E-state index >= 15 is 0 Å². The third kappa shape index (κ3) is 4.36. The lowest BCUT2D eigenvalue weighted by Gasteiger charge is -2.33. The molecule has 0 bridgehead atoms. The van der Waals surface area contributed by atoms with Crippen LogP contribution in [0.2, 0.25) is 0 Å². The van der Waals surface area contributed by atoms with E-state index in [1.54, 1.807) is 0 Å². The van der Waals surface area contributed by atoms with Crippen LogP contribution in [-0.4, -0.2) is 43.8 Å². The number of aliphatic hydroxyl groups is 1. The van der Waals surface area contributed by atoms with Crippen LogP contribution in [0.15, 0.2) is 47.4 Å². The first-order chi connectivity index (χ1) is 17.8. The molecule has 39 heavy (non-hydrogen) atoms. The molecule has 8 nitrogen and oxygen atoms in total. The Morgan fingerprint density at radius 2 is 1.59 bits per heavy atom. The molecule has 0 spiro atoms. The molecular weight excluding hydrogens is 556 g/mol. The molecule has 1 unspecified atom stereocenters. The molecule has 0 aromatic heterocycles. The lowest BCUT2D eigenvalue weighted by atomic mass is 9.78. The number of hydrogen-bond donors (Lipinski definition) is 3. The van der Waals surface area contributed by atoms with Crippen LogP contribution in [0.4, 0.5) is 32.0 Å². The van der Waals surface area contributed by atoms with Gasteiger partial charge in [-0.15, -0.1) is 0 Å². The summed E-state index contributed by atoms with van der Waals surface area (Å²) in [5.74, 6) is -1.92. The number of carbonyl (C=O) groups is 2. The van der Waals surface area contributed by atoms with Crippen molar-refractivity contribution in [2.45, 2.75) is 47.8 Å². The van der Waals surface area contributed by atoms with Crippen LogP contribution < -0.4 is 10.6 Å². The number of amides is 1. The van der Waals surface area contributed by atoms with E-state index in [4.69, 9.17) is 0 Å². The number of rotatable bonds is 6. The van der Waals surface area contributed by atoms with Gasteiger partial charge in [0.2, 0.25) is 0 Å². The van der Waals surface area contributed by atoms with E-state index in [-0.39, 0.29) is 41.1 Å². The zero-order valence-electron chi connectivity index (χ0n) is 19.9. The zero-order valence-corrected chi connectivity index (χ0v) is 20.7. The summed E-state index contributed by atoms with van der Waals surface area (Å²) in [6.07, 6.45) is -11.0. The molecular formula is C24H19F6N3O5S. The summed E-state index contributed by atoms with van der Waals surface area (Å²) in [4.78, 5) is 27.1. The molecule has 208 valence electrons. The van der Waals surface area contributed by atoms with E-state index in [0.717, 1.165) is 6.26 Å². The zero-order chi connectivity index (χ0) is 29.2. The van der Waals surface area contributed by atoms with E-state index < -0.39 is 56.0 Å².